The van der Waals surface area contributed by atoms with E-state index in [1.54, 1.807) is 18.5 Å². The third-order valence-electron chi connectivity index (χ3n) is 8.46. The van der Waals surface area contributed by atoms with Crippen molar-refractivity contribution in [1.82, 2.24) is 0 Å². The van der Waals surface area contributed by atoms with Gasteiger partial charge >= 0.3 is 0 Å². The number of aliphatic imine (C=N–C) groups is 2. The molecule has 0 aliphatic carbocycles. The number of allylic oxidation sites excluding steroid dienone is 5. The van der Waals surface area contributed by atoms with Crippen molar-refractivity contribution < 1.29 is 0 Å². The van der Waals surface area contributed by atoms with Gasteiger partial charge in [0, 0.05) is 18.8 Å². The van der Waals surface area contributed by atoms with Crippen LogP contribution in [0.5, 0.6) is 0 Å². The van der Waals surface area contributed by atoms with Crippen molar-refractivity contribution in [1.29, 1.82) is 0 Å². The molecular weight excluding hydrogens is 544 g/mol. The van der Waals surface area contributed by atoms with Gasteiger partial charge in [0.25, 0.3) is 0 Å². The van der Waals surface area contributed by atoms with E-state index < -0.39 is 0 Å². The summed E-state index contributed by atoms with van der Waals surface area (Å²) in [4.78, 5) is 9.36. The summed E-state index contributed by atoms with van der Waals surface area (Å²) in [5.41, 5.74) is 9.15. The molecule has 0 radical (unpaired) electrons. The van der Waals surface area contributed by atoms with Crippen molar-refractivity contribution in [2.24, 2.45) is 9.98 Å². The van der Waals surface area contributed by atoms with Crippen LogP contribution in [-0.4, -0.2) is 11.9 Å². The van der Waals surface area contributed by atoms with Crippen molar-refractivity contribution in [3.8, 4) is 23.5 Å². The molecule has 1 aliphatic heterocycles. The van der Waals surface area contributed by atoms with Gasteiger partial charge in [-0.2, -0.15) is 0 Å². The van der Waals surface area contributed by atoms with Crippen LogP contribution in [0.2, 0.25) is 0 Å². The van der Waals surface area contributed by atoms with Crippen molar-refractivity contribution in [3.63, 3.8) is 0 Å². The van der Waals surface area contributed by atoms with Crippen LogP contribution < -0.4 is 0 Å². The van der Waals surface area contributed by atoms with Gasteiger partial charge in [-0.3, -0.25) is 9.98 Å². The molecule has 0 saturated heterocycles. The molecule has 0 unspecified atom stereocenters. The van der Waals surface area contributed by atoms with E-state index in [2.05, 4.69) is 132 Å². The minimum atomic E-state index is 0.732. The Balaban J connectivity index is 1.34. The van der Waals surface area contributed by atoms with Crippen molar-refractivity contribution >= 4 is 49.9 Å². The van der Waals surface area contributed by atoms with Crippen molar-refractivity contribution in [3.05, 3.63) is 162 Å². The Kier molecular flexibility index (Phi) is 7.75. The summed E-state index contributed by atoms with van der Waals surface area (Å²) < 4.78 is 0. The molecule has 214 valence electrons. The minimum Gasteiger partial charge on any atom is -0.269 e. The number of terminal acetylenes is 1. The maximum Gasteiger partial charge on any atom is 0.0704 e. The summed E-state index contributed by atoms with van der Waals surface area (Å²) in [6.45, 7) is 1.89. The lowest BCUT2D eigenvalue weighted by Gasteiger charge is -2.14. The first-order valence-corrected chi connectivity index (χ1v) is 15.3. The molecule has 0 N–H and O–H groups in total. The third-order valence-corrected chi connectivity index (χ3v) is 8.46. The van der Waals surface area contributed by atoms with E-state index in [-0.39, 0.29) is 0 Å². The normalized spacial score (nSPS) is 13.4. The van der Waals surface area contributed by atoms with Crippen LogP contribution in [0.1, 0.15) is 23.6 Å². The average molecular weight is 577 g/mol. The summed E-state index contributed by atoms with van der Waals surface area (Å²) in [5, 5.41) is 7.69. The Morgan fingerprint density at radius 2 is 1.40 bits per heavy atom. The molecule has 0 saturated carbocycles. The second kappa shape index (κ2) is 12.4. The molecule has 6 aromatic rings. The van der Waals surface area contributed by atoms with Crippen LogP contribution in [0.3, 0.4) is 0 Å². The summed E-state index contributed by atoms with van der Waals surface area (Å²) in [7, 11) is 0. The molecule has 6 aromatic carbocycles. The van der Waals surface area contributed by atoms with Crippen LogP contribution >= 0.6 is 0 Å². The molecule has 1 heterocycles. The first-order chi connectivity index (χ1) is 22.2. The van der Waals surface area contributed by atoms with Crippen molar-refractivity contribution in [2.75, 3.05) is 0 Å². The number of nitrogens with zero attached hydrogens (tertiary/aromatic N) is 2. The van der Waals surface area contributed by atoms with Crippen molar-refractivity contribution in [2.45, 2.75) is 19.8 Å². The molecule has 0 atom stereocenters. The van der Waals surface area contributed by atoms with Gasteiger partial charge in [0.15, 0.2) is 0 Å². The highest BCUT2D eigenvalue weighted by Gasteiger charge is 2.20. The van der Waals surface area contributed by atoms with E-state index in [9.17, 15) is 0 Å². The van der Waals surface area contributed by atoms with Crippen LogP contribution in [0.25, 0.3) is 43.4 Å². The number of hydrogen-bond acceptors (Lipinski definition) is 2. The van der Waals surface area contributed by atoms with Gasteiger partial charge < -0.3 is 0 Å². The van der Waals surface area contributed by atoms with Gasteiger partial charge in [-0.25, -0.2) is 0 Å². The molecule has 0 spiro atoms. The predicted molar refractivity (Wildman–Crippen MR) is 194 cm³/mol. The SMILES string of the molecule is C#C/C=C(\C=C/Cc1cc(-c2ccc3c4ccccc4c4ccccc4c3c2)cc2c1N=C(c1ccccc1)C2)/C=C/N=C\C. The monoisotopic (exact) mass is 576 g/mol. The quantitative estimate of drug-likeness (QED) is 0.0782. The maximum absolute atomic E-state index is 5.60. The lowest BCUT2D eigenvalue weighted by Crippen LogP contribution is -1.99. The zero-order valence-electron chi connectivity index (χ0n) is 25.2. The molecule has 2 nitrogen and oxygen atoms in total. The highest BCUT2D eigenvalue weighted by Crippen LogP contribution is 2.40. The second-order valence-corrected chi connectivity index (χ2v) is 11.2. The van der Waals surface area contributed by atoms with Gasteiger partial charge in [0.05, 0.1) is 11.4 Å². The second-order valence-electron chi connectivity index (χ2n) is 11.2. The maximum atomic E-state index is 5.60. The fourth-order valence-electron chi connectivity index (χ4n) is 6.39. The Morgan fingerprint density at radius 3 is 2.09 bits per heavy atom. The highest BCUT2D eigenvalue weighted by atomic mass is 14.8. The Hall–Kier alpha value is -5.78. The number of rotatable bonds is 7. The minimum absolute atomic E-state index is 0.732. The Bertz CT molecular complexity index is 2240. The molecule has 1 aliphatic rings. The Labute approximate surface area is 264 Å². The number of fused-ring (bicyclic) bond motifs is 7. The average Bonchev–Trinajstić information content (AvgIpc) is 3.53. The van der Waals surface area contributed by atoms with Crippen LogP contribution in [0, 0.1) is 12.3 Å². The highest BCUT2D eigenvalue weighted by molar-refractivity contribution is 6.25. The summed E-state index contributed by atoms with van der Waals surface area (Å²) in [6, 6.07) is 39.5. The first kappa shape index (κ1) is 28.0. The molecule has 0 aromatic heterocycles. The van der Waals surface area contributed by atoms with E-state index in [1.165, 1.54) is 60.1 Å². The van der Waals surface area contributed by atoms with Gasteiger partial charge in [-0.15, -0.1) is 6.42 Å². The fraction of sp³-hybridized carbons (Fsp3) is 0.0698. The largest absolute Gasteiger partial charge is 0.269 e. The first-order valence-electron chi connectivity index (χ1n) is 15.3. The summed E-state index contributed by atoms with van der Waals surface area (Å²) in [6.07, 6.45) is 18.6. The van der Waals surface area contributed by atoms with Gasteiger partial charge in [0.1, 0.15) is 0 Å². The number of hydrogen-bond donors (Lipinski definition) is 0. The molecular formula is C43H32N2. The topological polar surface area (TPSA) is 24.7 Å². The summed E-state index contributed by atoms with van der Waals surface area (Å²) >= 11 is 0. The molecule has 2 heteroatoms. The van der Waals surface area contributed by atoms with Crippen LogP contribution in [-0.2, 0) is 12.8 Å². The summed E-state index contributed by atoms with van der Waals surface area (Å²) in [5.74, 6) is 2.64. The zero-order chi connectivity index (χ0) is 30.6. The fourth-order valence-corrected chi connectivity index (χ4v) is 6.39. The molecule has 7 rings (SSSR count). The number of benzene rings is 6. The van der Waals surface area contributed by atoms with E-state index >= 15 is 0 Å². The van der Waals surface area contributed by atoms with E-state index in [0.29, 0.717) is 0 Å². The Morgan fingerprint density at radius 1 is 0.733 bits per heavy atom. The lowest BCUT2D eigenvalue weighted by atomic mass is 9.90. The zero-order valence-corrected chi connectivity index (χ0v) is 25.2. The smallest absolute Gasteiger partial charge is 0.0704 e. The van der Waals surface area contributed by atoms with E-state index in [4.69, 9.17) is 11.4 Å². The van der Waals surface area contributed by atoms with Gasteiger partial charge in [-0.05, 0) is 109 Å². The molecule has 45 heavy (non-hydrogen) atoms. The molecule has 0 bridgehead atoms. The van der Waals surface area contributed by atoms with Gasteiger partial charge in [-0.1, -0.05) is 109 Å². The van der Waals surface area contributed by atoms with Gasteiger partial charge in [0.2, 0.25) is 0 Å². The van der Waals surface area contributed by atoms with Crippen LogP contribution in [0.15, 0.2) is 155 Å². The predicted octanol–water partition coefficient (Wildman–Crippen LogP) is 10.8. The molecule has 0 fully saturated rings. The van der Waals surface area contributed by atoms with Crippen LogP contribution in [0.4, 0.5) is 5.69 Å². The molecule has 0 amide bonds. The third kappa shape index (κ3) is 5.53. The lowest BCUT2D eigenvalue weighted by molar-refractivity contribution is 1.24. The van der Waals surface area contributed by atoms with E-state index in [1.807, 2.05) is 13.0 Å². The standard InChI is InChI=1S/C43H32N2/c1-3-13-30(24-25-44-4-2)14-12-17-33-26-34(27-35-29-42(45-43(33)35)31-15-6-5-7-16-31)32-22-23-40-38-20-9-8-18-36(38)37-19-10-11-21-39(37)41(40)28-32/h1,4-16,18-28H,17,29H2,2H3/b14-12-,25-24+,30-13+,44-4-. The van der Waals surface area contributed by atoms with E-state index in [0.717, 1.165) is 29.8 Å².